The molecule has 41 heavy (non-hydrogen) atoms. The zero-order valence-electron chi connectivity index (χ0n) is 27.0. The first-order valence-corrected chi connectivity index (χ1v) is 16.0. The highest BCUT2D eigenvalue weighted by Crippen LogP contribution is 2.42. The van der Waals surface area contributed by atoms with Crippen LogP contribution in [0.1, 0.15) is 106 Å². The summed E-state index contributed by atoms with van der Waals surface area (Å²) in [6, 6.07) is 8.08. The second-order valence-corrected chi connectivity index (χ2v) is 16.3. The van der Waals surface area contributed by atoms with Crippen LogP contribution >= 0.6 is 11.6 Å². The molecule has 4 rings (SSSR count). The number of nitrogens with zero attached hydrogens (tertiary/aromatic N) is 3. The molecule has 0 aromatic heterocycles. The number of likely N-dealkylation sites (tertiary alicyclic amines) is 2. The lowest BCUT2D eigenvalue weighted by atomic mass is 9.72. The first kappa shape index (κ1) is 32.3. The predicted molar refractivity (Wildman–Crippen MR) is 167 cm³/mol. The first-order chi connectivity index (χ1) is 18.8. The molecule has 230 valence electrons. The van der Waals surface area contributed by atoms with Gasteiger partial charge in [-0.15, -0.1) is 0 Å². The topological polar surface area (TPSA) is 64.1 Å². The van der Waals surface area contributed by atoms with Gasteiger partial charge in [0.25, 0.3) is 0 Å². The minimum Gasteiger partial charge on any atom is -0.389 e. The number of carbonyl (C=O) groups is 2. The third kappa shape index (κ3) is 6.80. The molecule has 1 aromatic carbocycles. The average Bonchev–Trinajstić information content (AvgIpc) is 3.53. The molecule has 0 unspecified atom stereocenters. The fourth-order valence-corrected chi connectivity index (χ4v) is 7.06. The molecule has 3 aliphatic rings. The second kappa shape index (κ2) is 11.5. The van der Waals surface area contributed by atoms with Crippen LogP contribution in [-0.2, 0) is 9.59 Å². The standard InChI is InChI=1S/C34H54ClN3O3/c1-31(2,3)37-21-27(23-10-12-24(35)13-11-23)28(22-37)29(39)36-19-16-26(20-36)38(25-14-17-32(4,5)18-15-25)30(40)33(6,7)34(8,9)41/h10-13,25-28,41H,14-22H2,1-9H3/t26-,27-,28+/m0/s1. The van der Waals surface area contributed by atoms with Crippen LogP contribution in [-0.4, -0.2) is 81.0 Å². The van der Waals surface area contributed by atoms with E-state index >= 15 is 0 Å². The highest BCUT2D eigenvalue weighted by Gasteiger charge is 2.50. The van der Waals surface area contributed by atoms with Gasteiger partial charge in [0.05, 0.1) is 23.0 Å². The van der Waals surface area contributed by atoms with Gasteiger partial charge in [0, 0.05) is 48.7 Å². The van der Waals surface area contributed by atoms with Crippen LogP contribution in [0.2, 0.25) is 5.02 Å². The van der Waals surface area contributed by atoms with Crippen molar-refractivity contribution in [3.63, 3.8) is 0 Å². The van der Waals surface area contributed by atoms with Crippen molar-refractivity contribution < 1.29 is 14.7 Å². The van der Waals surface area contributed by atoms with Gasteiger partial charge >= 0.3 is 0 Å². The molecule has 3 atom stereocenters. The normalized spacial score (nSPS) is 26.4. The Kier molecular flexibility index (Phi) is 9.03. The fraction of sp³-hybridized carbons (Fsp3) is 0.765. The van der Waals surface area contributed by atoms with E-state index in [4.69, 9.17) is 11.6 Å². The van der Waals surface area contributed by atoms with E-state index in [2.05, 4.69) is 56.6 Å². The molecule has 7 heteroatoms. The highest BCUT2D eigenvalue weighted by atomic mass is 35.5. The van der Waals surface area contributed by atoms with Crippen molar-refractivity contribution >= 4 is 23.4 Å². The number of amides is 2. The van der Waals surface area contributed by atoms with E-state index in [1.54, 1.807) is 13.8 Å². The van der Waals surface area contributed by atoms with E-state index in [1.807, 2.05) is 30.9 Å². The molecule has 0 spiro atoms. The summed E-state index contributed by atoms with van der Waals surface area (Å²) < 4.78 is 0. The van der Waals surface area contributed by atoms with Gasteiger partial charge in [-0.2, -0.15) is 0 Å². The van der Waals surface area contributed by atoms with Crippen LogP contribution in [0.5, 0.6) is 0 Å². The third-order valence-corrected chi connectivity index (χ3v) is 11.0. The molecule has 1 aromatic rings. The Morgan fingerprint density at radius 3 is 2.02 bits per heavy atom. The van der Waals surface area contributed by atoms with Gasteiger partial charge in [0.15, 0.2) is 0 Å². The summed E-state index contributed by atoms with van der Waals surface area (Å²) in [6.45, 7) is 21.2. The molecule has 1 aliphatic carbocycles. The van der Waals surface area contributed by atoms with Crippen LogP contribution in [0.4, 0.5) is 0 Å². The van der Waals surface area contributed by atoms with Crippen molar-refractivity contribution in [2.75, 3.05) is 26.2 Å². The summed E-state index contributed by atoms with van der Waals surface area (Å²) in [5.74, 6) is 0.165. The van der Waals surface area contributed by atoms with E-state index in [9.17, 15) is 14.7 Å². The monoisotopic (exact) mass is 587 g/mol. The van der Waals surface area contributed by atoms with Crippen molar-refractivity contribution in [2.45, 2.75) is 124 Å². The van der Waals surface area contributed by atoms with Crippen molar-refractivity contribution in [3.05, 3.63) is 34.9 Å². The third-order valence-electron chi connectivity index (χ3n) is 10.8. The van der Waals surface area contributed by atoms with E-state index in [-0.39, 0.29) is 46.7 Å². The van der Waals surface area contributed by atoms with Crippen LogP contribution in [0.15, 0.2) is 24.3 Å². The quantitative estimate of drug-likeness (QED) is 0.421. The van der Waals surface area contributed by atoms with Gasteiger partial charge in [0.2, 0.25) is 11.8 Å². The van der Waals surface area contributed by atoms with E-state index in [1.165, 1.54) is 0 Å². The van der Waals surface area contributed by atoms with Crippen LogP contribution in [0.3, 0.4) is 0 Å². The Morgan fingerprint density at radius 2 is 1.49 bits per heavy atom. The van der Waals surface area contributed by atoms with Crippen LogP contribution < -0.4 is 0 Å². The molecule has 2 aliphatic heterocycles. The number of halogens is 1. The number of aliphatic hydroxyl groups is 1. The van der Waals surface area contributed by atoms with Crippen LogP contribution in [0, 0.1) is 16.7 Å². The summed E-state index contributed by atoms with van der Waals surface area (Å²) in [5, 5.41) is 11.7. The minimum atomic E-state index is -1.16. The number of benzene rings is 1. The summed E-state index contributed by atoms with van der Waals surface area (Å²) in [4.78, 5) is 35.1. The summed E-state index contributed by atoms with van der Waals surface area (Å²) in [6.07, 6.45) is 4.86. The smallest absolute Gasteiger partial charge is 0.231 e. The molecule has 3 fully saturated rings. The highest BCUT2D eigenvalue weighted by molar-refractivity contribution is 6.30. The Balaban J connectivity index is 1.57. The predicted octanol–water partition coefficient (Wildman–Crippen LogP) is 6.35. The lowest BCUT2D eigenvalue weighted by molar-refractivity contribution is -0.160. The van der Waals surface area contributed by atoms with E-state index in [0.717, 1.165) is 50.8 Å². The zero-order valence-corrected chi connectivity index (χ0v) is 27.7. The molecule has 2 amide bonds. The van der Waals surface area contributed by atoms with E-state index < -0.39 is 11.0 Å². The second-order valence-electron chi connectivity index (χ2n) is 15.9. The fourth-order valence-electron chi connectivity index (χ4n) is 6.93. The van der Waals surface area contributed by atoms with Crippen molar-refractivity contribution in [1.82, 2.24) is 14.7 Å². The average molecular weight is 588 g/mol. The maximum Gasteiger partial charge on any atom is 0.231 e. The van der Waals surface area contributed by atoms with Gasteiger partial charge in [-0.3, -0.25) is 14.5 Å². The molecular weight excluding hydrogens is 534 g/mol. The van der Waals surface area contributed by atoms with Crippen molar-refractivity contribution in [1.29, 1.82) is 0 Å². The SMILES string of the molecule is CC1(C)CCC(N(C(=O)C(C)(C)C(C)(C)O)[C@H]2CCN(C(=O)[C@@H]3CN(C(C)(C)C)C[C@H]3c3ccc(Cl)cc3)C2)CC1. The Hall–Kier alpha value is -1.63. The maximum absolute atomic E-state index is 14.3. The Morgan fingerprint density at radius 1 is 0.902 bits per heavy atom. The van der Waals surface area contributed by atoms with Gasteiger partial charge in [-0.05, 0) is 104 Å². The van der Waals surface area contributed by atoms with Gasteiger partial charge in [-0.1, -0.05) is 37.6 Å². The zero-order chi connectivity index (χ0) is 30.5. The summed E-state index contributed by atoms with van der Waals surface area (Å²) >= 11 is 6.20. The largest absolute Gasteiger partial charge is 0.389 e. The molecule has 6 nitrogen and oxygen atoms in total. The Bertz CT molecular complexity index is 1090. The summed E-state index contributed by atoms with van der Waals surface area (Å²) in [7, 11) is 0. The lowest BCUT2D eigenvalue weighted by Gasteiger charge is -2.47. The molecule has 2 heterocycles. The number of hydrogen-bond acceptors (Lipinski definition) is 4. The number of hydrogen-bond donors (Lipinski definition) is 1. The van der Waals surface area contributed by atoms with Gasteiger partial charge in [0.1, 0.15) is 0 Å². The molecule has 0 bridgehead atoms. The Labute approximate surface area is 253 Å². The number of carbonyl (C=O) groups excluding carboxylic acids is 2. The van der Waals surface area contributed by atoms with Gasteiger partial charge < -0.3 is 14.9 Å². The van der Waals surface area contributed by atoms with Crippen molar-refractivity contribution in [2.24, 2.45) is 16.7 Å². The molecule has 1 saturated carbocycles. The van der Waals surface area contributed by atoms with Crippen LogP contribution in [0.25, 0.3) is 0 Å². The van der Waals surface area contributed by atoms with E-state index in [0.29, 0.717) is 18.1 Å². The molecule has 0 radical (unpaired) electrons. The van der Waals surface area contributed by atoms with Gasteiger partial charge in [-0.25, -0.2) is 0 Å². The maximum atomic E-state index is 14.3. The first-order valence-electron chi connectivity index (χ1n) is 15.7. The minimum absolute atomic E-state index is 0.00724. The molecular formula is C34H54ClN3O3. The molecule has 2 saturated heterocycles. The molecule has 1 N–H and O–H groups in total. The summed E-state index contributed by atoms with van der Waals surface area (Å²) in [5.41, 5.74) is -0.684. The van der Waals surface area contributed by atoms with Crippen molar-refractivity contribution in [3.8, 4) is 0 Å². The number of rotatable bonds is 6. The lowest BCUT2D eigenvalue weighted by Crippen LogP contribution is -2.59.